The van der Waals surface area contributed by atoms with E-state index in [1.54, 1.807) is 0 Å². The largest absolute Gasteiger partial charge is 0.414 e. The Hall–Kier alpha value is -0.803. The maximum absolute atomic E-state index is 10.2. The van der Waals surface area contributed by atoms with Gasteiger partial charge in [-0.25, -0.2) is 0 Å². The van der Waals surface area contributed by atoms with Crippen molar-refractivity contribution in [1.29, 1.82) is 0 Å². The Balaban J connectivity index is 1.73. The van der Waals surface area contributed by atoms with E-state index in [2.05, 4.69) is 39.2 Å². The van der Waals surface area contributed by atoms with Gasteiger partial charge in [0.15, 0.2) is 14.1 Å². The highest BCUT2D eigenvalue weighted by molar-refractivity contribution is 6.74. The summed E-state index contributed by atoms with van der Waals surface area (Å²) in [4.78, 5) is 0. The molecule has 1 heterocycles. The van der Waals surface area contributed by atoms with Crippen LogP contribution >= 0.6 is 0 Å². The van der Waals surface area contributed by atoms with E-state index in [-0.39, 0.29) is 23.9 Å². The van der Waals surface area contributed by atoms with E-state index in [0.29, 0.717) is 26.3 Å². The fourth-order valence-corrected chi connectivity index (χ4v) is 4.08. The summed E-state index contributed by atoms with van der Waals surface area (Å²) in [6, 6.07) is 9.95. The van der Waals surface area contributed by atoms with Crippen LogP contribution in [0.3, 0.4) is 0 Å². The molecular formula is C23H41NO5Si. The third kappa shape index (κ3) is 8.03. The zero-order chi connectivity index (χ0) is 22.4. The van der Waals surface area contributed by atoms with Gasteiger partial charge in [-0.15, -0.1) is 0 Å². The summed E-state index contributed by atoms with van der Waals surface area (Å²) >= 11 is 0. The van der Waals surface area contributed by atoms with E-state index >= 15 is 0 Å². The quantitative estimate of drug-likeness (QED) is 0.513. The van der Waals surface area contributed by atoms with Crippen LogP contribution in [-0.4, -0.2) is 63.8 Å². The van der Waals surface area contributed by atoms with E-state index in [1.165, 1.54) is 0 Å². The summed E-state index contributed by atoms with van der Waals surface area (Å²) in [6.07, 6.45) is -0.832. The molecule has 3 atom stereocenters. The maximum Gasteiger partial charge on any atom is 0.192 e. The molecule has 30 heavy (non-hydrogen) atoms. The molecule has 1 saturated heterocycles. The van der Waals surface area contributed by atoms with Crippen molar-refractivity contribution in [2.75, 3.05) is 26.3 Å². The first kappa shape index (κ1) is 25.5. The van der Waals surface area contributed by atoms with Crippen molar-refractivity contribution in [2.45, 2.75) is 83.5 Å². The molecule has 172 valence electrons. The predicted octanol–water partition coefficient (Wildman–Crippen LogP) is 3.70. The predicted molar refractivity (Wildman–Crippen MR) is 122 cm³/mol. The second-order valence-electron chi connectivity index (χ2n) is 10.1. The number of benzene rings is 1. The molecule has 0 amide bonds. The summed E-state index contributed by atoms with van der Waals surface area (Å²) in [5, 5.41) is 13.6. The number of ether oxygens (including phenoxy) is 3. The first-order valence-electron chi connectivity index (χ1n) is 10.9. The van der Waals surface area contributed by atoms with E-state index in [0.717, 1.165) is 5.56 Å². The highest BCUT2D eigenvalue weighted by Gasteiger charge is 2.44. The third-order valence-electron chi connectivity index (χ3n) is 5.85. The first-order chi connectivity index (χ1) is 13.9. The SMILES string of the molecule is CC1(C)O[C@@H](CNCC(O)COCc2ccccc2)[C@@H](CO[Si](C)(C)C(C)(C)C)O1. The Labute approximate surface area is 183 Å². The van der Waals surface area contributed by atoms with Gasteiger partial charge in [0.2, 0.25) is 0 Å². The van der Waals surface area contributed by atoms with Gasteiger partial charge in [0.25, 0.3) is 0 Å². The normalized spacial score (nSPS) is 22.9. The van der Waals surface area contributed by atoms with Gasteiger partial charge in [0, 0.05) is 13.1 Å². The fraction of sp³-hybridized carbons (Fsp3) is 0.739. The fourth-order valence-electron chi connectivity index (χ4n) is 3.07. The molecule has 1 aromatic carbocycles. The van der Waals surface area contributed by atoms with Crippen LogP contribution in [-0.2, 0) is 25.2 Å². The molecule has 0 aliphatic carbocycles. The van der Waals surface area contributed by atoms with Crippen LogP contribution in [0, 0.1) is 0 Å². The molecule has 6 nitrogen and oxygen atoms in total. The van der Waals surface area contributed by atoms with E-state index in [1.807, 2.05) is 44.2 Å². The Morgan fingerprint density at radius 3 is 2.40 bits per heavy atom. The van der Waals surface area contributed by atoms with Crippen molar-refractivity contribution in [3.8, 4) is 0 Å². The van der Waals surface area contributed by atoms with Crippen LogP contribution < -0.4 is 5.32 Å². The molecule has 0 saturated carbocycles. The first-order valence-corrected chi connectivity index (χ1v) is 13.8. The molecule has 2 N–H and O–H groups in total. The van der Waals surface area contributed by atoms with Gasteiger partial charge in [0.05, 0.1) is 25.9 Å². The highest BCUT2D eigenvalue weighted by Crippen LogP contribution is 2.37. The lowest BCUT2D eigenvalue weighted by Gasteiger charge is -2.37. The monoisotopic (exact) mass is 439 g/mol. The van der Waals surface area contributed by atoms with Crippen molar-refractivity contribution < 1.29 is 23.7 Å². The molecular weight excluding hydrogens is 398 g/mol. The lowest BCUT2D eigenvalue weighted by Crippen LogP contribution is -2.45. The van der Waals surface area contributed by atoms with Gasteiger partial charge < -0.3 is 29.1 Å². The summed E-state index contributed by atoms with van der Waals surface area (Å²) in [6.45, 7) is 17.4. The van der Waals surface area contributed by atoms with Crippen LogP contribution in [0.25, 0.3) is 0 Å². The van der Waals surface area contributed by atoms with E-state index in [9.17, 15) is 5.11 Å². The third-order valence-corrected chi connectivity index (χ3v) is 10.3. The van der Waals surface area contributed by atoms with E-state index in [4.69, 9.17) is 18.6 Å². The number of hydrogen-bond acceptors (Lipinski definition) is 6. The molecule has 1 aliphatic rings. The molecule has 1 aromatic rings. The molecule has 0 radical (unpaired) electrons. The van der Waals surface area contributed by atoms with Crippen molar-refractivity contribution in [1.82, 2.24) is 5.32 Å². The van der Waals surface area contributed by atoms with Crippen molar-refractivity contribution in [3.63, 3.8) is 0 Å². The molecule has 7 heteroatoms. The second kappa shape index (κ2) is 10.7. The molecule has 1 unspecified atom stereocenters. The number of nitrogens with one attached hydrogen (secondary N) is 1. The average molecular weight is 440 g/mol. The van der Waals surface area contributed by atoms with Gasteiger partial charge in [-0.3, -0.25) is 0 Å². The van der Waals surface area contributed by atoms with Gasteiger partial charge in [-0.05, 0) is 37.5 Å². The molecule has 1 fully saturated rings. The van der Waals surface area contributed by atoms with Gasteiger partial charge in [-0.2, -0.15) is 0 Å². The van der Waals surface area contributed by atoms with Crippen LogP contribution in [0.2, 0.25) is 18.1 Å². The average Bonchev–Trinajstić information content (AvgIpc) is 2.94. The highest BCUT2D eigenvalue weighted by atomic mass is 28.4. The Bertz CT molecular complexity index is 632. The number of hydrogen-bond donors (Lipinski definition) is 2. The van der Waals surface area contributed by atoms with E-state index < -0.39 is 20.2 Å². The lowest BCUT2D eigenvalue weighted by atomic mass is 10.2. The Kier molecular flexibility index (Phi) is 9.06. The maximum atomic E-state index is 10.2. The van der Waals surface area contributed by atoms with Gasteiger partial charge >= 0.3 is 0 Å². The number of aliphatic hydroxyl groups excluding tert-OH is 1. The lowest BCUT2D eigenvalue weighted by molar-refractivity contribution is -0.148. The van der Waals surface area contributed by atoms with Crippen LogP contribution in [0.5, 0.6) is 0 Å². The summed E-state index contributed by atoms with van der Waals surface area (Å²) in [7, 11) is -1.85. The molecule has 0 bridgehead atoms. The zero-order valence-electron chi connectivity index (χ0n) is 19.7. The molecule has 0 spiro atoms. The second-order valence-corrected chi connectivity index (χ2v) is 14.9. The molecule has 1 aliphatic heterocycles. The zero-order valence-corrected chi connectivity index (χ0v) is 20.7. The topological polar surface area (TPSA) is 69.2 Å². The Morgan fingerprint density at radius 1 is 1.13 bits per heavy atom. The summed E-state index contributed by atoms with van der Waals surface area (Å²) < 4.78 is 24.1. The van der Waals surface area contributed by atoms with Gasteiger partial charge in [-0.1, -0.05) is 51.1 Å². The summed E-state index contributed by atoms with van der Waals surface area (Å²) in [5.41, 5.74) is 1.10. The molecule has 0 aromatic heterocycles. The minimum atomic E-state index is -1.85. The minimum absolute atomic E-state index is 0.123. The van der Waals surface area contributed by atoms with Crippen molar-refractivity contribution >= 4 is 8.32 Å². The van der Waals surface area contributed by atoms with Crippen molar-refractivity contribution in [2.24, 2.45) is 0 Å². The molecule has 2 rings (SSSR count). The number of rotatable bonds is 11. The van der Waals surface area contributed by atoms with Crippen LogP contribution in [0.15, 0.2) is 30.3 Å². The van der Waals surface area contributed by atoms with Gasteiger partial charge in [0.1, 0.15) is 12.2 Å². The smallest absolute Gasteiger partial charge is 0.192 e. The van der Waals surface area contributed by atoms with Crippen LogP contribution in [0.1, 0.15) is 40.2 Å². The Morgan fingerprint density at radius 2 is 1.77 bits per heavy atom. The number of aliphatic hydroxyl groups is 1. The minimum Gasteiger partial charge on any atom is -0.414 e. The van der Waals surface area contributed by atoms with Crippen LogP contribution in [0.4, 0.5) is 0 Å². The van der Waals surface area contributed by atoms with Crippen molar-refractivity contribution in [3.05, 3.63) is 35.9 Å². The standard InChI is InChI=1S/C23H41NO5Si/c1-22(2,3)30(6,7)27-17-21-20(28-23(4,5)29-21)14-24-13-19(25)16-26-15-18-11-9-8-10-12-18/h8-12,19-21,24-25H,13-17H2,1-7H3/t19?,20-,21+/m0/s1. The summed E-state index contributed by atoms with van der Waals surface area (Å²) in [5.74, 6) is -0.634.